The van der Waals surface area contributed by atoms with Gasteiger partial charge in [0, 0.05) is 11.9 Å². The number of ether oxygens (including phenoxy) is 1. The van der Waals surface area contributed by atoms with Gasteiger partial charge in [0.25, 0.3) is 5.91 Å². The molecule has 0 bridgehead atoms. The summed E-state index contributed by atoms with van der Waals surface area (Å²) in [6, 6.07) is 14.2. The highest BCUT2D eigenvalue weighted by atomic mass is 16.5. The first kappa shape index (κ1) is 14.7. The molecule has 1 aromatic carbocycles. The summed E-state index contributed by atoms with van der Waals surface area (Å²) in [7, 11) is 0. The number of hydrogen-bond donors (Lipinski definition) is 2. The zero-order chi connectivity index (χ0) is 14.9. The molecule has 2 amide bonds. The molecule has 2 aromatic rings. The molecule has 0 unspecified atom stereocenters. The molecule has 21 heavy (non-hydrogen) atoms. The maximum Gasteiger partial charge on any atom is 0.251 e. The van der Waals surface area contributed by atoms with Gasteiger partial charge in [0.2, 0.25) is 5.91 Å². The minimum Gasteiger partial charge on any atom is -0.362 e. The van der Waals surface area contributed by atoms with Crippen LogP contribution in [0.2, 0.25) is 0 Å². The molecule has 0 saturated heterocycles. The maximum absolute atomic E-state index is 11.6. The Kier molecular flexibility index (Phi) is 5.42. The van der Waals surface area contributed by atoms with E-state index in [1.54, 1.807) is 36.5 Å². The van der Waals surface area contributed by atoms with Crippen LogP contribution in [0.5, 0.6) is 0 Å². The summed E-state index contributed by atoms with van der Waals surface area (Å²) in [5.74, 6) is -0.229. The lowest BCUT2D eigenvalue weighted by Crippen LogP contribution is -2.24. The molecule has 6 nitrogen and oxygen atoms in total. The van der Waals surface area contributed by atoms with Crippen molar-refractivity contribution >= 4 is 23.3 Å². The number of carbonyl (C=O) groups is 2. The number of rotatable bonds is 6. The molecule has 0 aliphatic heterocycles. The van der Waals surface area contributed by atoms with Crippen LogP contribution in [0.3, 0.4) is 0 Å². The van der Waals surface area contributed by atoms with Crippen LogP contribution in [-0.2, 0) is 14.3 Å². The lowest BCUT2D eigenvalue weighted by molar-refractivity contribution is -0.125. The fourth-order valence-corrected chi connectivity index (χ4v) is 1.57. The van der Waals surface area contributed by atoms with Gasteiger partial charge in [0.05, 0.1) is 0 Å². The highest BCUT2D eigenvalue weighted by molar-refractivity contribution is 5.93. The quantitative estimate of drug-likeness (QED) is 0.846. The molecule has 2 rings (SSSR count). The van der Waals surface area contributed by atoms with Gasteiger partial charge in [-0.15, -0.1) is 0 Å². The summed E-state index contributed by atoms with van der Waals surface area (Å²) in [4.78, 5) is 27.1. The number of benzene rings is 1. The molecule has 0 saturated carbocycles. The molecule has 0 radical (unpaired) electrons. The Morgan fingerprint density at radius 1 is 0.905 bits per heavy atom. The van der Waals surface area contributed by atoms with Crippen LogP contribution in [0.25, 0.3) is 0 Å². The first-order valence-corrected chi connectivity index (χ1v) is 6.37. The van der Waals surface area contributed by atoms with Gasteiger partial charge < -0.3 is 15.4 Å². The summed E-state index contributed by atoms with van der Waals surface area (Å²) in [6.45, 7) is -0.399. The third-order valence-corrected chi connectivity index (χ3v) is 2.46. The number of nitrogens with one attached hydrogen (secondary N) is 2. The van der Waals surface area contributed by atoms with Crippen molar-refractivity contribution in [3.63, 3.8) is 0 Å². The topological polar surface area (TPSA) is 80.3 Å². The predicted molar refractivity (Wildman–Crippen MR) is 78.8 cm³/mol. The fraction of sp³-hybridized carbons (Fsp3) is 0.133. The van der Waals surface area contributed by atoms with Crippen molar-refractivity contribution in [1.29, 1.82) is 0 Å². The van der Waals surface area contributed by atoms with Crippen LogP contribution in [0, 0.1) is 0 Å². The van der Waals surface area contributed by atoms with E-state index in [9.17, 15) is 9.59 Å². The van der Waals surface area contributed by atoms with Gasteiger partial charge in [-0.1, -0.05) is 24.3 Å². The normalized spacial score (nSPS) is 9.90. The number of aromatic nitrogens is 1. The van der Waals surface area contributed by atoms with Crippen molar-refractivity contribution in [2.45, 2.75) is 0 Å². The summed E-state index contributed by atoms with van der Waals surface area (Å²) < 4.78 is 5.05. The van der Waals surface area contributed by atoms with Gasteiger partial charge in [0.15, 0.2) is 0 Å². The van der Waals surface area contributed by atoms with E-state index in [4.69, 9.17) is 4.74 Å². The van der Waals surface area contributed by atoms with Gasteiger partial charge >= 0.3 is 0 Å². The van der Waals surface area contributed by atoms with E-state index in [1.165, 1.54) is 0 Å². The number of anilines is 2. The second kappa shape index (κ2) is 7.76. The number of pyridine rings is 1. The Morgan fingerprint density at radius 3 is 2.24 bits per heavy atom. The van der Waals surface area contributed by atoms with Crippen LogP contribution in [0.15, 0.2) is 54.7 Å². The molecule has 2 N–H and O–H groups in total. The summed E-state index contributed by atoms with van der Waals surface area (Å²) in [5.41, 5.74) is 0.684. The molecule has 6 heteroatoms. The lowest BCUT2D eigenvalue weighted by atomic mass is 10.3. The van der Waals surface area contributed by atoms with Gasteiger partial charge in [-0.25, -0.2) is 4.98 Å². The standard InChI is InChI=1S/C15H15N3O3/c19-14(17-12-6-2-1-3-7-12)10-21-11-15(20)18-13-8-4-5-9-16-13/h1-9H,10-11H2,(H,17,19)(H,16,18,20). The second-order valence-electron chi connectivity index (χ2n) is 4.17. The molecule has 0 atom stereocenters. The second-order valence-corrected chi connectivity index (χ2v) is 4.17. The van der Waals surface area contributed by atoms with Crippen molar-refractivity contribution in [3.8, 4) is 0 Å². The average Bonchev–Trinajstić information content (AvgIpc) is 2.49. The summed E-state index contributed by atoms with van der Waals surface area (Å²) >= 11 is 0. The predicted octanol–water partition coefficient (Wildman–Crippen LogP) is 1.68. The first-order chi connectivity index (χ1) is 10.2. The Balaban J connectivity index is 1.67. The van der Waals surface area contributed by atoms with Crippen molar-refractivity contribution < 1.29 is 14.3 Å². The minimum absolute atomic E-state index is 0.190. The molecule has 1 heterocycles. The highest BCUT2D eigenvalue weighted by Crippen LogP contribution is 2.04. The van der Waals surface area contributed by atoms with Crippen LogP contribution < -0.4 is 10.6 Å². The molecular weight excluding hydrogens is 270 g/mol. The number of carbonyl (C=O) groups excluding carboxylic acids is 2. The Bertz CT molecular complexity index is 534. The highest BCUT2D eigenvalue weighted by Gasteiger charge is 2.06. The monoisotopic (exact) mass is 285 g/mol. The molecule has 1 aromatic heterocycles. The molecule has 0 spiro atoms. The van der Waals surface area contributed by atoms with E-state index in [2.05, 4.69) is 15.6 Å². The van der Waals surface area contributed by atoms with Gasteiger partial charge in [0.1, 0.15) is 19.0 Å². The molecule has 108 valence electrons. The fourth-order valence-electron chi connectivity index (χ4n) is 1.57. The third kappa shape index (κ3) is 5.42. The summed E-state index contributed by atoms with van der Waals surface area (Å²) in [5, 5.41) is 5.22. The van der Waals surface area contributed by atoms with Crippen LogP contribution in [0.1, 0.15) is 0 Å². The zero-order valence-corrected chi connectivity index (χ0v) is 11.3. The minimum atomic E-state index is -0.360. The van der Waals surface area contributed by atoms with E-state index < -0.39 is 0 Å². The van der Waals surface area contributed by atoms with E-state index in [0.717, 1.165) is 0 Å². The average molecular weight is 285 g/mol. The maximum atomic E-state index is 11.6. The summed E-state index contributed by atoms with van der Waals surface area (Å²) in [6.07, 6.45) is 1.57. The zero-order valence-electron chi connectivity index (χ0n) is 11.3. The number of hydrogen-bond acceptors (Lipinski definition) is 4. The van der Waals surface area contributed by atoms with E-state index in [-0.39, 0.29) is 25.0 Å². The SMILES string of the molecule is O=C(COCC(=O)Nc1ccccn1)Nc1ccccc1. The van der Waals surface area contributed by atoms with Crippen molar-refractivity contribution in [2.75, 3.05) is 23.8 Å². The van der Waals surface area contributed by atoms with Crippen LogP contribution in [-0.4, -0.2) is 30.0 Å². The third-order valence-electron chi connectivity index (χ3n) is 2.46. The van der Waals surface area contributed by atoms with Crippen molar-refractivity contribution in [2.24, 2.45) is 0 Å². The van der Waals surface area contributed by atoms with Gasteiger partial charge in [-0.2, -0.15) is 0 Å². The van der Waals surface area contributed by atoms with Crippen LogP contribution >= 0.6 is 0 Å². The number of nitrogens with zero attached hydrogens (tertiary/aromatic N) is 1. The van der Waals surface area contributed by atoms with E-state index in [0.29, 0.717) is 11.5 Å². The Hall–Kier alpha value is -2.73. The van der Waals surface area contributed by atoms with Crippen molar-refractivity contribution in [3.05, 3.63) is 54.7 Å². The van der Waals surface area contributed by atoms with Crippen molar-refractivity contribution in [1.82, 2.24) is 4.98 Å². The smallest absolute Gasteiger partial charge is 0.251 e. The van der Waals surface area contributed by atoms with Crippen LogP contribution in [0.4, 0.5) is 11.5 Å². The van der Waals surface area contributed by atoms with Gasteiger partial charge in [-0.05, 0) is 24.3 Å². The largest absolute Gasteiger partial charge is 0.362 e. The van der Waals surface area contributed by atoms with E-state index >= 15 is 0 Å². The Labute approximate surface area is 122 Å². The molecule has 0 fully saturated rings. The molecule has 0 aliphatic rings. The first-order valence-electron chi connectivity index (χ1n) is 6.37. The number of amides is 2. The number of para-hydroxylation sites is 1. The lowest BCUT2D eigenvalue weighted by Gasteiger charge is -2.06. The van der Waals surface area contributed by atoms with E-state index in [1.807, 2.05) is 18.2 Å². The van der Waals surface area contributed by atoms with Gasteiger partial charge in [-0.3, -0.25) is 9.59 Å². The molecular formula is C15H15N3O3. The molecule has 0 aliphatic carbocycles. The Morgan fingerprint density at radius 2 is 1.57 bits per heavy atom.